The molecule has 2 rings (SSSR count). The molecule has 0 bridgehead atoms. The third-order valence-electron chi connectivity index (χ3n) is 3.97. The number of hydrogen-bond donors (Lipinski definition) is 1. The summed E-state index contributed by atoms with van der Waals surface area (Å²) < 4.78 is 1.76. The number of alkyl halides is 1. The average Bonchev–Trinajstić information content (AvgIpc) is 2.45. The zero-order valence-corrected chi connectivity index (χ0v) is 15.1. The molecule has 0 saturated heterocycles. The van der Waals surface area contributed by atoms with Crippen LogP contribution in [0.1, 0.15) is 36.0 Å². The van der Waals surface area contributed by atoms with Gasteiger partial charge in [0.05, 0.1) is 5.56 Å². The second kappa shape index (κ2) is 7.81. The molecule has 0 heterocycles. The van der Waals surface area contributed by atoms with Crippen LogP contribution in [0, 0.1) is 11.8 Å². The van der Waals surface area contributed by atoms with Gasteiger partial charge in [-0.3, -0.25) is 4.79 Å². The molecule has 1 N–H and O–H groups in total. The van der Waals surface area contributed by atoms with Crippen LogP contribution in [-0.2, 0) is 0 Å². The standard InChI is InChI=1S/C15H18Br2ClNO/c16-12-5-6-13(14(17)7-12)15(20)19-9-11-4-2-1-3-10(11)8-18/h5-7,10-11H,1-4,8-9H2,(H,19,20). The van der Waals surface area contributed by atoms with Crippen molar-refractivity contribution in [1.29, 1.82) is 0 Å². The minimum atomic E-state index is -0.0247. The average molecular weight is 424 g/mol. The molecule has 20 heavy (non-hydrogen) atoms. The zero-order valence-electron chi connectivity index (χ0n) is 11.2. The molecule has 1 aliphatic carbocycles. The van der Waals surface area contributed by atoms with Gasteiger partial charge in [-0.05, 0) is 58.8 Å². The van der Waals surface area contributed by atoms with Crippen molar-refractivity contribution in [1.82, 2.24) is 5.32 Å². The highest BCUT2D eigenvalue weighted by Crippen LogP contribution is 2.30. The minimum absolute atomic E-state index is 0.0247. The summed E-state index contributed by atoms with van der Waals surface area (Å²) in [6, 6.07) is 5.59. The number of carbonyl (C=O) groups excluding carboxylic acids is 1. The van der Waals surface area contributed by atoms with Crippen molar-refractivity contribution >= 4 is 49.4 Å². The first-order valence-corrected chi connectivity index (χ1v) is 9.03. The molecular weight excluding hydrogens is 405 g/mol. The first-order valence-electron chi connectivity index (χ1n) is 6.91. The second-order valence-corrected chi connectivity index (χ2v) is 7.37. The van der Waals surface area contributed by atoms with E-state index in [1.807, 2.05) is 18.2 Å². The highest BCUT2D eigenvalue weighted by molar-refractivity contribution is 9.11. The van der Waals surface area contributed by atoms with E-state index >= 15 is 0 Å². The first-order chi connectivity index (χ1) is 9.61. The molecule has 1 aliphatic rings. The number of benzene rings is 1. The molecule has 2 nitrogen and oxygen atoms in total. The van der Waals surface area contributed by atoms with E-state index in [0.717, 1.165) is 15.5 Å². The normalized spacial score (nSPS) is 22.6. The third-order valence-corrected chi connectivity index (χ3v) is 5.51. The van der Waals surface area contributed by atoms with Crippen LogP contribution in [0.15, 0.2) is 27.1 Å². The summed E-state index contributed by atoms with van der Waals surface area (Å²) in [6.45, 7) is 0.721. The number of nitrogens with one attached hydrogen (secondary N) is 1. The predicted octanol–water partition coefficient (Wildman–Crippen LogP) is 4.99. The monoisotopic (exact) mass is 421 g/mol. The number of amides is 1. The predicted molar refractivity (Wildman–Crippen MR) is 90.3 cm³/mol. The summed E-state index contributed by atoms with van der Waals surface area (Å²) in [5.74, 6) is 1.73. The molecule has 2 unspecified atom stereocenters. The maximum absolute atomic E-state index is 12.2. The lowest BCUT2D eigenvalue weighted by Gasteiger charge is -2.30. The smallest absolute Gasteiger partial charge is 0.252 e. The SMILES string of the molecule is O=C(NCC1CCCCC1CCl)c1ccc(Br)cc1Br. The van der Waals surface area contributed by atoms with Gasteiger partial charge >= 0.3 is 0 Å². The van der Waals surface area contributed by atoms with Crippen LogP contribution in [-0.4, -0.2) is 18.3 Å². The Morgan fingerprint density at radius 3 is 2.60 bits per heavy atom. The number of rotatable bonds is 4. The van der Waals surface area contributed by atoms with Crippen LogP contribution in [0.5, 0.6) is 0 Å². The third kappa shape index (κ3) is 4.22. The van der Waals surface area contributed by atoms with E-state index in [1.165, 1.54) is 25.7 Å². The fraction of sp³-hybridized carbons (Fsp3) is 0.533. The zero-order chi connectivity index (χ0) is 14.5. The van der Waals surface area contributed by atoms with Gasteiger partial charge in [-0.25, -0.2) is 0 Å². The van der Waals surface area contributed by atoms with Gasteiger partial charge in [0, 0.05) is 21.4 Å². The lowest BCUT2D eigenvalue weighted by atomic mass is 9.80. The van der Waals surface area contributed by atoms with Gasteiger partial charge in [0.25, 0.3) is 5.91 Å². The van der Waals surface area contributed by atoms with Gasteiger partial charge < -0.3 is 5.32 Å². The van der Waals surface area contributed by atoms with Crippen molar-refractivity contribution in [2.24, 2.45) is 11.8 Å². The first kappa shape index (κ1) is 16.3. The maximum Gasteiger partial charge on any atom is 0.252 e. The quantitative estimate of drug-likeness (QED) is 0.680. The Morgan fingerprint density at radius 2 is 1.95 bits per heavy atom. The molecule has 1 fully saturated rings. The van der Waals surface area contributed by atoms with Gasteiger partial charge in [0.2, 0.25) is 0 Å². The van der Waals surface area contributed by atoms with E-state index in [1.54, 1.807) is 0 Å². The Balaban J connectivity index is 1.94. The minimum Gasteiger partial charge on any atom is -0.352 e. The van der Waals surface area contributed by atoms with Gasteiger partial charge in [0.15, 0.2) is 0 Å². The summed E-state index contributed by atoms with van der Waals surface area (Å²) in [5.41, 5.74) is 0.673. The van der Waals surface area contributed by atoms with Gasteiger partial charge in [0.1, 0.15) is 0 Å². The number of hydrogen-bond acceptors (Lipinski definition) is 1. The van der Waals surface area contributed by atoms with Gasteiger partial charge in [-0.15, -0.1) is 11.6 Å². The van der Waals surface area contributed by atoms with Crippen LogP contribution >= 0.6 is 43.5 Å². The molecule has 1 amide bonds. The van der Waals surface area contributed by atoms with Crippen molar-refractivity contribution < 1.29 is 4.79 Å². The highest BCUT2D eigenvalue weighted by Gasteiger charge is 2.24. The van der Waals surface area contributed by atoms with Crippen molar-refractivity contribution in [2.45, 2.75) is 25.7 Å². The molecule has 1 aromatic rings. The molecule has 5 heteroatoms. The molecule has 0 aromatic heterocycles. The Hall–Kier alpha value is -0.0600. The Kier molecular flexibility index (Phi) is 6.37. The van der Waals surface area contributed by atoms with Crippen molar-refractivity contribution in [3.05, 3.63) is 32.7 Å². The van der Waals surface area contributed by atoms with Gasteiger partial charge in [-0.1, -0.05) is 28.8 Å². The number of carbonyl (C=O) groups is 1. The molecule has 110 valence electrons. The molecule has 2 atom stereocenters. The van der Waals surface area contributed by atoms with Crippen LogP contribution in [0.25, 0.3) is 0 Å². The van der Waals surface area contributed by atoms with E-state index in [2.05, 4.69) is 37.2 Å². The van der Waals surface area contributed by atoms with Crippen LogP contribution in [0.4, 0.5) is 0 Å². The summed E-state index contributed by atoms with van der Waals surface area (Å²) >= 11 is 12.8. The van der Waals surface area contributed by atoms with E-state index < -0.39 is 0 Å². The van der Waals surface area contributed by atoms with Gasteiger partial charge in [-0.2, -0.15) is 0 Å². The van der Waals surface area contributed by atoms with Crippen LogP contribution < -0.4 is 5.32 Å². The topological polar surface area (TPSA) is 29.1 Å². The molecule has 0 aliphatic heterocycles. The number of halogens is 3. The van der Waals surface area contributed by atoms with Crippen LogP contribution in [0.3, 0.4) is 0 Å². The maximum atomic E-state index is 12.2. The van der Waals surface area contributed by atoms with E-state index in [4.69, 9.17) is 11.6 Å². The van der Waals surface area contributed by atoms with Crippen LogP contribution in [0.2, 0.25) is 0 Å². The molecule has 0 spiro atoms. The Labute approximate surface area is 141 Å². The fourth-order valence-corrected chi connectivity index (χ4v) is 4.38. The largest absolute Gasteiger partial charge is 0.352 e. The molecule has 1 aromatic carbocycles. The fourth-order valence-electron chi connectivity index (χ4n) is 2.75. The van der Waals surface area contributed by atoms with E-state index in [-0.39, 0.29) is 5.91 Å². The Bertz CT molecular complexity index is 481. The van der Waals surface area contributed by atoms with E-state index in [0.29, 0.717) is 23.3 Å². The summed E-state index contributed by atoms with van der Waals surface area (Å²) in [6.07, 6.45) is 4.86. The van der Waals surface area contributed by atoms with Crippen molar-refractivity contribution in [3.8, 4) is 0 Å². The summed E-state index contributed by atoms with van der Waals surface area (Å²) in [7, 11) is 0. The lowest BCUT2D eigenvalue weighted by molar-refractivity contribution is 0.0936. The summed E-state index contributed by atoms with van der Waals surface area (Å²) in [5, 5.41) is 3.05. The summed E-state index contributed by atoms with van der Waals surface area (Å²) in [4.78, 5) is 12.2. The van der Waals surface area contributed by atoms with Crippen molar-refractivity contribution in [3.63, 3.8) is 0 Å². The second-order valence-electron chi connectivity index (χ2n) is 5.29. The highest BCUT2D eigenvalue weighted by atomic mass is 79.9. The lowest BCUT2D eigenvalue weighted by Crippen LogP contribution is -2.35. The molecule has 0 radical (unpaired) electrons. The molecular formula is C15H18Br2ClNO. The van der Waals surface area contributed by atoms with E-state index in [9.17, 15) is 4.79 Å². The van der Waals surface area contributed by atoms with Crippen molar-refractivity contribution in [2.75, 3.05) is 12.4 Å². The molecule has 1 saturated carbocycles. The Morgan fingerprint density at radius 1 is 1.25 bits per heavy atom.